The Morgan fingerprint density at radius 2 is 1.88 bits per heavy atom. The summed E-state index contributed by atoms with van der Waals surface area (Å²) in [5, 5.41) is 8.33. The Morgan fingerprint density at radius 3 is 2.55 bits per heavy atom. The van der Waals surface area contributed by atoms with Crippen LogP contribution in [0, 0.1) is 19.8 Å². The molecule has 1 aliphatic carbocycles. The van der Waals surface area contributed by atoms with Crippen LogP contribution >= 0.6 is 0 Å². The lowest BCUT2D eigenvalue weighted by molar-refractivity contribution is -0.140. The predicted molar refractivity (Wildman–Crippen MR) is 123 cm³/mol. The fourth-order valence-corrected chi connectivity index (χ4v) is 4.77. The lowest BCUT2D eigenvalue weighted by Gasteiger charge is -2.33. The van der Waals surface area contributed by atoms with E-state index < -0.39 is 17.5 Å². The van der Waals surface area contributed by atoms with Gasteiger partial charge in [-0.05, 0) is 64.6 Å². The van der Waals surface area contributed by atoms with Crippen molar-refractivity contribution < 1.29 is 14.4 Å². The number of likely N-dealkylation sites (N-methyl/N-ethyl adjacent to an activating group) is 1. The molecule has 1 aliphatic heterocycles. The number of carbonyl (C=O) groups excluding carboxylic acids is 3. The number of amides is 4. The third-order valence-corrected chi connectivity index (χ3v) is 6.81. The van der Waals surface area contributed by atoms with Gasteiger partial charge in [0, 0.05) is 17.8 Å². The van der Waals surface area contributed by atoms with Gasteiger partial charge in [-0.3, -0.25) is 19.9 Å². The van der Waals surface area contributed by atoms with Gasteiger partial charge >= 0.3 is 6.03 Å². The molecule has 33 heavy (non-hydrogen) atoms. The van der Waals surface area contributed by atoms with Crippen LogP contribution in [0.5, 0.6) is 0 Å². The van der Waals surface area contributed by atoms with E-state index in [9.17, 15) is 14.4 Å². The summed E-state index contributed by atoms with van der Waals surface area (Å²) in [7, 11) is 1.83. The molecule has 0 atom stereocenters. The van der Waals surface area contributed by atoms with Crippen LogP contribution in [0.2, 0.25) is 0 Å². The Hall–Kier alpha value is -3.20. The second kappa shape index (κ2) is 8.97. The van der Waals surface area contributed by atoms with Crippen LogP contribution in [0.4, 0.5) is 4.79 Å². The predicted octanol–water partition coefficient (Wildman–Crippen LogP) is 2.45. The number of imide groups is 1. The number of hydrogen-bond donors (Lipinski definition) is 2. The molecule has 2 aliphatic rings. The van der Waals surface area contributed by atoms with E-state index in [0.717, 1.165) is 40.5 Å². The molecule has 1 saturated heterocycles. The van der Waals surface area contributed by atoms with Crippen molar-refractivity contribution in [1.29, 1.82) is 0 Å². The zero-order chi connectivity index (χ0) is 23.8. The molecule has 2 heterocycles. The van der Waals surface area contributed by atoms with E-state index in [1.165, 1.54) is 0 Å². The van der Waals surface area contributed by atoms with Gasteiger partial charge in [0.05, 0.1) is 17.9 Å². The summed E-state index contributed by atoms with van der Waals surface area (Å²) in [4.78, 5) is 39.9. The number of hydrazine groups is 1. The Bertz CT molecular complexity index is 1060. The quantitative estimate of drug-likeness (QED) is 0.656. The number of aryl methyl sites for hydroxylation is 1. The molecule has 9 heteroatoms. The van der Waals surface area contributed by atoms with E-state index in [-0.39, 0.29) is 12.5 Å². The summed E-state index contributed by atoms with van der Waals surface area (Å²) in [6.07, 6.45) is 2.97. The number of aromatic nitrogens is 2. The van der Waals surface area contributed by atoms with Gasteiger partial charge < -0.3 is 5.32 Å². The molecule has 2 aromatic rings. The van der Waals surface area contributed by atoms with E-state index in [2.05, 4.69) is 22.8 Å². The monoisotopic (exact) mass is 452 g/mol. The molecule has 2 fully saturated rings. The molecule has 0 radical (unpaired) electrons. The smallest absolute Gasteiger partial charge is 0.322 e. The molecule has 1 aromatic heterocycles. The van der Waals surface area contributed by atoms with Gasteiger partial charge in [0.25, 0.3) is 11.8 Å². The SMILES string of the molecule is Cc1nn(-c2ccccc2)c(C)c1CN(C)CC(=O)NN1C(=O)NC2(CCC(C)CC2)C1=O. The van der Waals surface area contributed by atoms with E-state index >= 15 is 0 Å². The maximum absolute atomic E-state index is 12.9. The lowest BCUT2D eigenvalue weighted by atomic mass is 9.77. The molecule has 2 N–H and O–H groups in total. The summed E-state index contributed by atoms with van der Waals surface area (Å²) < 4.78 is 1.90. The lowest BCUT2D eigenvalue weighted by Crippen LogP contribution is -2.52. The van der Waals surface area contributed by atoms with Crippen molar-refractivity contribution in [3.8, 4) is 5.69 Å². The Balaban J connectivity index is 1.37. The first kappa shape index (κ1) is 23.0. The van der Waals surface area contributed by atoms with Gasteiger partial charge in [-0.1, -0.05) is 25.1 Å². The van der Waals surface area contributed by atoms with E-state index in [0.29, 0.717) is 25.3 Å². The van der Waals surface area contributed by atoms with Crippen LogP contribution in [0.15, 0.2) is 30.3 Å². The topological polar surface area (TPSA) is 99.6 Å². The minimum absolute atomic E-state index is 0.0382. The third-order valence-electron chi connectivity index (χ3n) is 6.81. The van der Waals surface area contributed by atoms with Gasteiger partial charge in [0.15, 0.2) is 0 Å². The second-order valence-corrected chi connectivity index (χ2v) is 9.44. The van der Waals surface area contributed by atoms with Crippen LogP contribution in [0.3, 0.4) is 0 Å². The normalized spacial score (nSPS) is 22.8. The van der Waals surface area contributed by atoms with Crippen molar-refractivity contribution >= 4 is 17.8 Å². The van der Waals surface area contributed by atoms with Gasteiger partial charge in [-0.2, -0.15) is 10.1 Å². The molecule has 0 unspecified atom stereocenters. The summed E-state index contributed by atoms with van der Waals surface area (Å²) in [5.41, 5.74) is 5.56. The van der Waals surface area contributed by atoms with E-state index in [1.54, 1.807) is 0 Å². The number of nitrogens with zero attached hydrogens (tertiary/aromatic N) is 4. The average molecular weight is 453 g/mol. The number of para-hydroxylation sites is 1. The summed E-state index contributed by atoms with van der Waals surface area (Å²) >= 11 is 0. The fourth-order valence-electron chi connectivity index (χ4n) is 4.77. The minimum atomic E-state index is -0.872. The first-order valence-corrected chi connectivity index (χ1v) is 11.5. The van der Waals surface area contributed by atoms with Crippen molar-refractivity contribution in [2.24, 2.45) is 5.92 Å². The van der Waals surface area contributed by atoms with Gasteiger partial charge in [-0.25, -0.2) is 9.48 Å². The molecular formula is C24H32N6O3. The molecular weight excluding hydrogens is 420 g/mol. The summed E-state index contributed by atoms with van der Waals surface area (Å²) in [6.45, 7) is 6.66. The van der Waals surface area contributed by atoms with Crippen LogP contribution in [-0.2, 0) is 16.1 Å². The largest absolute Gasteiger partial charge is 0.344 e. The van der Waals surface area contributed by atoms with Crippen molar-refractivity contribution in [1.82, 2.24) is 30.4 Å². The molecule has 1 saturated carbocycles. The average Bonchev–Trinajstić information content (AvgIpc) is 3.19. The number of benzene rings is 1. The standard InChI is InChI=1S/C24H32N6O3/c1-16-10-12-24(13-11-16)22(32)30(23(33)25-24)27-21(31)15-28(4)14-20-17(2)26-29(18(20)3)19-8-6-5-7-9-19/h5-9,16H,10-15H2,1-4H3,(H,25,33)(H,27,31). The summed E-state index contributed by atoms with van der Waals surface area (Å²) in [5.74, 6) is -0.227. The highest BCUT2D eigenvalue weighted by molar-refractivity contribution is 6.08. The zero-order valence-corrected chi connectivity index (χ0v) is 19.7. The van der Waals surface area contributed by atoms with Crippen molar-refractivity contribution in [2.45, 2.75) is 58.5 Å². The highest BCUT2D eigenvalue weighted by Gasteiger charge is 2.52. The van der Waals surface area contributed by atoms with Gasteiger partial charge in [-0.15, -0.1) is 0 Å². The highest BCUT2D eigenvalue weighted by Crippen LogP contribution is 2.35. The first-order valence-electron chi connectivity index (χ1n) is 11.5. The molecule has 1 spiro atoms. The third kappa shape index (κ3) is 4.50. The first-order chi connectivity index (χ1) is 15.7. The molecule has 4 amide bonds. The Labute approximate surface area is 194 Å². The van der Waals surface area contributed by atoms with Crippen LogP contribution in [0.1, 0.15) is 49.6 Å². The van der Waals surface area contributed by atoms with Gasteiger partial charge in [0.2, 0.25) is 0 Å². The van der Waals surface area contributed by atoms with Crippen LogP contribution in [-0.4, -0.2) is 56.7 Å². The van der Waals surface area contributed by atoms with Crippen molar-refractivity contribution in [3.63, 3.8) is 0 Å². The number of urea groups is 1. The maximum Gasteiger partial charge on any atom is 0.344 e. The summed E-state index contributed by atoms with van der Waals surface area (Å²) in [6, 6.07) is 9.34. The maximum atomic E-state index is 12.9. The number of rotatable bonds is 6. The van der Waals surface area contributed by atoms with Crippen molar-refractivity contribution in [2.75, 3.05) is 13.6 Å². The number of nitrogens with one attached hydrogen (secondary N) is 2. The van der Waals surface area contributed by atoms with Crippen LogP contribution < -0.4 is 10.7 Å². The minimum Gasteiger partial charge on any atom is -0.322 e. The molecule has 176 valence electrons. The van der Waals surface area contributed by atoms with E-state index in [4.69, 9.17) is 0 Å². The second-order valence-electron chi connectivity index (χ2n) is 9.44. The van der Waals surface area contributed by atoms with Crippen LogP contribution in [0.25, 0.3) is 5.69 Å². The molecule has 9 nitrogen and oxygen atoms in total. The molecule has 4 rings (SSSR count). The molecule has 1 aromatic carbocycles. The number of hydrogen-bond acceptors (Lipinski definition) is 5. The van der Waals surface area contributed by atoms with E-state index in [1.807, 2.05) is 60.8 Å². The fraction of sp³-hybridized carbons (Fsp3) is 0.500. The zero-order valence-electron chi connectivity index (χ0n) is 19.7. The van der Waals surface area contributed by atoms with Gasteiger partial charge in [0.1, 0.15) is 5.54 Å². The molecule has 0 bridgehead atoms. The van der Waals surface area contributed by atoms with Crippen molar-refractivity contribution in [3.05, 3.63) is 47.3 Å². The highest BCUT2D eigenvalue weighted by atomic mass is 16.2. The Morgan fingerprint density at radius 1 is 1.21 bits per heavy atom. The number of carbonyl (C=O) groups is 3. The Kier molecular flexibility index (Phi) is 6.25.